The zero-order valence-corrected chi connectivity index (χ0v) is 4.76. The maximum absolute atomic E-state index is 8.69. The molecule has 0 aliphatic heterocycles. The van der Waals surface area contributed by atoms with Crippen LogP contribution in [0.1, 0.15) is 13.8 Å². The Morgan fingerprint density at radius 1 is 1.43 bits per heavy atom. The maximum atomic E-state index is 8.69. The minimum absolute atomic E-state index is 0.127. The molecule has 0 amide bonds. The molecule has 0 bridgehead atoms. The highest BCUT2D eigenvalue weighted by Gasteiger charge is 2.04. The number of aliphatic hydroxyl groups excluding tert-OH is 2. The molecular formula is C5H12O2. The molecular weight excluding hydrogens is 92.1 g/mol. The molecule has 0 radical (unpaired) electrons. The normalized spacial score (nSPS) is 15.0. The van der Waals surface area contributed by atoms with Crippen molar-refractivity contribution < 1.29 is 10.2 Å². The zero-order chi connectivity index (χ0) is 5.86. The first kappa shape index (κ1) is 6.92. The third kappa shape index (κ3) is 2.60. The van der Waals surface area contributed by atoms with Gasteiger partial charge in [0.05, 0.1) is 12.7 Å². The van der Waals surface area contributed by atoms with E-state index in [1.165, 1.54) is 0 Å². The molecule has 0 spiro atoms. The summed E-state index contributed by atoms with van der Waals surface area (Å²) in [5.41, 5.74) is 0. The Labute approximate surface area is 43.8 Å². The number of hydrogen-bond acceptors (Lipinski definition) is 2. The smallest absolute Gasteiger partial charge is 0.0793 e. The van der Waals surface area contributed by atoms with Crippen molar-refractivity contribution in [3.63, 3.8) is 0 Å². The van der Waals surface area contributed by atoms with Gasteiger partial charge in [0.2, 0.25) is 0 Å². The molecule has 0 rings (SSSR count). The summed E-state index contributed by atoms with van der Waals surface area (Å²) in [5, 5.41) is 16.9. The summed E-state index contributed by atoms with van der Waals surface area (Å²) < 4.78 is 0. The van der Waals surface area contributed by atoms with Gasteiger partial charge in [-0.3, -0.25) is 0 Å². The van der Waals surface area contributed by atoms with Crippen molar-refractivity contribution in [2.24, 2.45) is 5.92 Å². The summed E-state index contributed by atoms with van der Waals surface area (Å²) in [7, 11) is 0. The van der Waals surface area contributed by atoms with E-state index in [0.717, 1.165) is 0 Å². The second kappa shape index (κ2) is 2.99. The van der Waals surface area contributed by atoms with Gasteiger partial charge in [0.15, 0.2) is 0 Å². The molecule has 0 aromatic rings. The van der Waals surface area contributed by atoms with Crippen LogP contribution in [-0.4, -0.2) is 22.9 Å². The van der Waals surface area contributed by atoms with Crippen molar-refractivity contribution in [3.05, 3.63) is 0 Å². The molecule has 0 heterocycles. The van der Waals surface area contributed by atoms with Crippen LogP contribution >= 0.6 is 0 Å². The van der Waals surface area contributed by atoms with Gasteiger partial charge >= 0.3 is 0 Å². The van der Waals surface area contributed by atoms with Crippen LogP contribution in [-0.2, 0) is 0 Å². The van der Waals surface area contributed by atoms with Gasteiger partial charge in [0.25, 0.3) is 0 Å². The van der Waals surface area contributed by atoms with E-state index in [-0.39, 0.29) is 12.5 Å². The van der Waals surface area contributed by atoms with Gasteiger partial charge < -0.3 is 10.2 Å². The van der Waals surface area contributed by atoms with Crippen LogP contribution in [0.25, 0.3) is 0 Å². The molecule has 7 heavy (non-hydrogen) atoms. The first-order valence-corrected chi connectivity index (χ1v) is 2.47. The highest BCUT2D eigenvalue weighted by atomic mass is 16.3. The third-order valence-electron chi connectivity index (χ3n) is 0.957. The van der Waals surface area contributed by atoms with Crippen LogP contribution in [0.5, 0.6) is 0 Å². The Balaban J connectivity index is 3.14. The van der Waals surface area contributed by atoms with E-state index in [4.69, 9.17) is 10.2 Å². The lowest BCUT2D eigenvalue weighted by Gasteiger charge is -2.08. The van der Waals surface area contributed by atoms with Crippen LogP contribution in [0.15, 0.2) is 0 Å². The fourth-order valence-electron chi connectivity index (χ4n) is 0.211. The molecule has 2 heteroatoms. The van der Waals surface area contributed by atoms with Gasteiger partial charge in [-0.05, 0) is 5.92 Å². The highest BCUT2D eigenvalue weighted by molar-refractivity contribution is 4.55. The Hall–Kier alpha value is -0.0800. The summed E-state index contributed by atoms with van der Waals surface area (Å²) in [5.74, 6) is 0.171. The van der Waals surface area contributed by atoms with Crippen LogP contribution < -0.4 is 0 Å². The molecule has 0 saturated carbocycles. The molecule has 2 N–H and O–H groups in total. The molecule has 0 aliphatic carbocycles. The number of rotatable bonds is 2. The SMILES string of the molecule is CC(C)[C@@H](O)CO. The van der Waals surface area contributed by atoms with Crippen molar-refractivity contribution >= 4 is 0 Å². The van der Waals surface area contributed by atoms with Crippen molar-refractivity contribution in [1.82, 2.24) is 0 Å². The van der Waals surface area contributed by atoms with Crippen LogP contribution in [0.4, 0.5) is 0 Å². The minimum Gasteiger partial charge on any atom is -0.394 e. The zero-order valence-electron chi connectivity index (χ0n) is 4.76. The first-order chi connectivity index (χ1) is 3.18. The van der Waals surface area contributed by atoms with Crippen LogP contribution in [0, 0.1) is 5.92 Å². The summed E-state index contributed by atoms with van der Waals surface area (Å²) in [6.45, 7) is 3.60. The average molecular weight is 104 g/mol. The predicted octanol–water partition coefficient (Wildman–Crippen LogP) is -0.00440. The lowest BCUT2D eigenvalue weighted by molar-refractivity contribution is 0.0597. The standard InChI is InChI=1S/C5H12O2/c1-4(2)5(7)3-6/h4-7H,3H2,1-2H3/t5-/m0/s1. The van der Waals surface area contributed by atoms with Gasteiger partial charge in [-0.1, -0.05) is 13.8 Å². The molecule has 0 aromatic heterocycles. The molecule has 44 valence electrons. The third-order valence-corrected chi connectivity index (χ3v) is 0.957. The maximum Gasteiger partial charge on any atom is 0.0793 e. The topological polar surface area (TPSA) is 40.5 Å². The van der Waals surface area contributed by atoms with Gasteiger partial charge in [0, 0.05) is 0 Å². The van der Waals surface area contributed by atoms with Gasteiger partial charge in [0.1, 0.15) is 0 Å². The van der Waals surface area contributed by atoms with E-state index in [0.29, 0.717) is 0 Å². The monoisotopic (exact) mass is 104 g/mol. The fraction of sp³-hybridized carbons (Fsp3) is 1.00. The molecule has 0 saturated heterocycles. The van der Waals surface area contributed by atoms with Crippen molar-refractivity contribution in [3.8, 4) is 0 Å². The van der Waals surface area contributed by atoms with Gasteiger partial charge in [-0.15, -0.1) is 0 Å². The second-order valence-corrected chi connectivity index (χ2v) is 1.99. The summed E-state index contributed by atoms with van der Waals surface area (Å²) >= 11 is 0. The van der Waals surface area contributed by atoms with Crippen molar-refractivity contribution in [1.29, 1.82) is 0 Å². The van der Waals surface area contributed by atoms with E-state index < -0.39 is 6.10 Å². The summed E-state index contributed by atoms with van der Waals surface area (Å²) in [4.78, 5) is 0. The van der Waals surface area contributed by atoms with E-state index in [1.807, 2.05) is 13.8 Å². The molecule has 0 aromatic carbocycles. The Morgan fingerprint density at radius 2 is 1.86 bits per heavy atom. The lowest BCUT2D eigenvalue weighted by Crippen LogP contribution is -2.18. The lowest BCUT2D eigenvalue weighted by atomic mass is 10.1. The second-order valence-electron chi connectivity index (χ2n) is 1.99. The Bertz CT molecular complexity index is 43.3. The molecule has 2 nitrogen and oxygen atoms in total. The van der Waals surface area contributed by atoms with E-state index >= 15 is 0 Å². The predicted molar refractivity (Wildman–Crippen MR) is 27.9 cm³/mol. The number of aliphatic hydroxyl groups is 2. The molecule has 0 unspecified atom stereocenters. The van der Waals surface area contributed by atoms with Crippen molar-refractivity contribution in [2.75, 3.05) is 6.61 Å². The fourth-order valence-corrected chi connectivity index (χ4v) is 0.211. The van der Waals surface area contributed by atoms with Crippen LogP contribution in [0.2, 0.25) is 0 Å². The largest absolute Gasteiger partial charge is 0.394 e. The summed E-state index contributed by atoms with van der Waals surface area (Å²) in [6, 6.07) is 0. The number of hydrogen-bond donors (Lipinski definition) is 2. The molecule has 1 atom stereocenters. The quantitative estimate of drug-likeness (QED) is 0.517. The highest BCUT2D eigenvalue weighted by Crippen LogP contribution is 1.97. The van der Waals surface area contributed by atoms with E-state index in [2.05, 4.69) is 0 Å². The summed E-state index contributed by atoms with van der Waals surface area (Å²) in [6.07, 6.45) is -0.542. The molecule has 0 aliphatic rings. The van der Waals surface area contributed by atoms with Gasteiger partial charge in [-0.25, -0.2) is 0 Å². The Kier molecular flexibility index (Phi) is 2.96. The van der Waals surface area contributed by atoms with Crippen LogP contribution in [0.3, 0.4) is 0 Å². The minimum atomic E-state index is -0.542. The van der Waals surface area contributed by atoms with Gasteiger partial charge in [-0.2, -0.15) is 0 Å². The van der Waals surface area contributed by atoms with E-state index in [1.54, 1.807) is 0 Å². The first-order valence-electron chi connectivity index (χ1n) is 2.47. The molecule has 0 fully saturated rings. The average Bonchev–Trinajstić information content (AvgIpc) is 1.65. The van der Waals surface area contributed by atoms with E-state index in [9.17, 15) is 0 Å². The Morgan fingerprint density at radius 3 is 1.86 bits per heavy atom. The van der Waals surface area contributed by atoms with Crippen molar-refractivity contribution in [2.45, 2.75) is 20.0 Å².